The smallest absolute Gasteiger partial charge is 0.242 e. The van der Waals surface area contributed by atoms with Crippen molar-refractivity contribution in [3.8, 4) is 6.07 Å². The number of amides is 1. The van der Waals surface area contributed by atoms with E-state index in [1.165, 1.54) is 0 Å². The van der Waals surface area contributed by atoms with Gasteiger partial charge in [-0.2, -0.15) is 5.26 Å². The van der Waals surface area contributed by atoms with E-state index < -0.39 is 11.6 Å². The van der Waals surface area contributed by atoms with E-state index in [0.29, 0.717) is 25.6 Å². The average Bonchev–Trinajstić information content (AvgIpc) is 2.37. The number of hydrogen-bond donors (Lipinski definition) is 1. The first-order valence-electron chi connectivity index (χ1n) is 6.64. The topological polar surface area (TPSA) is 79.3 Å². The highest BCUT2D eigenvalue weighted by molar-refractivity contribution is 5.86. The van der Waals surface area contributed by atoms with E-state index in [1.54, 1.807) is 4.90 Å². The van der Waals surface area contributed by atoms with Crippen molar-refractivity contribution < 1.29 is 9.53 Å². The minimum absolute atomic E-state index is 0.00222. The van der Waals surface area contributed by atoms with Crippen LogP contribution in [0, 0.1) is 17.2 Å². The molecule has 2 N–H and O–H groups in total. The monoisotopic (exact) mass is 251 g/mol. The van der Waals surface area contributed by atoms with Gasteiger partial charge in [0.15, 0.2) is 6.10 Å². The number of carbonyl (C=O) groups is 1. The Labute approximate surface area is 108 Å². The van der Waals surface area contributed by atoms with Crippen LogP contribution in [-0.4, -0.2) is 42.1 Å². The highest BCUT2D eigenvalue weighted by Crippen LogP contribution is 2.32. The molecule has 5 nitrogen and oxygen atoms in total. The summed E-state index contributed by atoms with van der Waals surface area (Å²) in [6, 6.07) is 2.06. The SMILES string of the molecule is CC1CCCC(N)(C(=O)N2CCOC(C#N)C2)C1. The van der Waals surface area contributed by atoms with Crippen molar-refractivity contribution in [3.05, 3.63) is 0 Å². The summed E-state index contributed by atoms with van der Waals surface area (Å²) in [7, 11) is 0. The summed E-state index contributed by atoms with van der Waals surface area (Å²) >= 11 is 0. The molecule has 0 radical (unpaired) electrons. The number of nitriles is 1. The summed E-state index contributed by atoms with van der Waals surface area (Å²) in [5, 5.41) is 8.86. The summed E-state index contributed by atoms with van der Waals surface area (Å²) in [6.07, 6.45) is 3.16. The molecule has 0 aromatic rings. The summed E-state index contributed by atoms with van der Waals surface area (Å²) in [6.45, 7) is 3.47. The second kappa shape index (κ2) is 5.25. The Kier molecular flexibility index (Phi) is 3.88. The van der Waals surface area contributed by atoms with E-state index in [9.17, 15) is 4.79 Å². The molecule has 2 rings (SSSR count). The molecule has 0 aromatic heterocycles. The van der Waals surface area contributed by atoms with Crippen LogP contribution in [-0.2, 0) is 9.53 Å². The van der Waals surface area contributed by atoms with Crippen molar-refractivity contribution in [2.24, 2.45) is 11.7 Å². The van der Waals surface area contributed by atoms with Crippen LogP contribution in [0.4, 0.5) is 0 Å². The van der Waals surface area contributed by atoms with Crippen molar-refractivity contribution in [3.63, 3.8) is 0 Å². The number of rotatable bonds is 1. The fourth-order valence-electron chi connectivity index (χ4n) is 3.01. The van der Waals surface area contributed by atoms with E-state index in [2.05, 4.69) is 13.0 Å². The van der Waals surface area contributed by atoms with E-state index in [0.717, 1.165) is 25.7 Å². The Morgan fingerprint density at radius 1 is 1.61 bits per heavy atom. The van der Waals surface area contributed by atoms with Crippen molar-refractivity contribution in [2.45, 2.75) is 44.2 Å². The third-order valence-corrected chi connectivity index (χ3v) is 3.96. The quantitative estimate of drug-likeness (QED) is 0.742. The molecule has 3 atom stereocenters. The standard InChI is InChI=1S/C13H21N3O2/c1-10-3-2-4-13(15,7-10)12(17)16-5-6-18-11(8-14)9-16/h10-11H,2-7,9,15H2,1H3. The van der Waals surface area contributed by atoms with Gasteiger partial charge in [0.2, 0.25) is 5.91 Å². The van der Waals surface area contributed by atoms with Crippen LogP contribution in [0.1, 0.15) is 32.6 Å². The zero-order chi connectivity index (χ0) is 13.2. The second-order valence-corrected chi connectivity index (χ2v) is 5.60. The van der Waals surface area contributed by atoms with Crippen LogP contribution >= 0.6 is 0 Å². The highest BCUT2D eigenvalue weighted by atomic mass is 16.5. The zero-order valence-electron chi connectivity index (χ0n) is 10.9. The first-order chi connectivity index (χ1) is 8.55. The van der Waals surface area contributed by atoms with Gasteiger partial charge in [0.25, 0.3) is 0 Å². The summed E-state index contributed by atoms with van der Waals surface area (Å²) < 4.78 is 5.25. The van der Waals surface area contributed by atoms with Gasteiger partial charge >= 0.3 is 0 Å². The van der Waals surface area contributed by atoms with Gasteiger partial charge in [-0.1, -0.05) is 19.8 Å². The molecule has 5 heteroatoms. The molecule has 0 bridgehead atoms. The molecular formula is C13H21N3O2. The maximum atomic E-state index is 12.5. The number of carbonyl (C=O) groups excluding carboxylic acids is 1. The van der Waals surface area contributed by atoms with Crippen molar-refractivity contribution in [2.75, 3.05) is 19.7 Å². The van der Waals surface area contributed by atoms with Crippen LogP contribution < -0.4 is 5.73 Å². The predicted molar refractivity (Wildman–Crippen MR) is 66.5 cm³/mol. The summed E-state index contributed by atoms with van der Waals surface area (Å²) in [5.41, 5.74) is 5.57. The lowest BCUT2D eigenvalue weighted by atomic mass is 9.76. The first-order valence-corrected chi connectivity index (χ1v) is 6.64. The van der Waals surface area contributed by atoms with E-state index in [-0.39, 0.29) is 5.91 Å². The average molecular weight is 251 g/mol. The molecular weight excluding hydrogens is 230 g/mol. The maximum absolute atomic E-state index is 12.5. The third kappa shape index (κ3) is 2.65. The first kappa shape index (κ1) is 13.3. The van der Waals surface area contributed by atoms with Crippen molar-refractivity contribution in [1.29, 1.82) is 5.26 Å². The minimum Gasteiger partial charge on any atom is -0.360 e. The van der Waals surface area contributed by atoms with Gasteiger partial charge in [-0.15, -0.1) is 0 Å². The van der Waals surface area contributed by atoms with Gasteiger partial charge < -0.3 is 15.4 Å². The Morgan fingerprint density at radius 3 is 3.06 bits per heavy atom. The molecule has 18 heavy (non-hydrogen) atoms. The van der Waals surface area contributed by atoms with E-state index >= 15 is 0 Å². The molecule has 1 amide bonds. The molecule has 3 unspecified atom stereocenters. The Bertz CT molecular complexity index is 366. The summed E-state index contributed by atoms with van der Waals surface area (Å²) in [5.74, 6) is 0.498. The molecule has 0 aromatic carbocycles. The van der Waals surface area contributed by atoms with E-state index in [1.807, 2.05) is 0 Å². The number of morpholine rings is 1. The number of nitrogens with two attached hydrogens (primary N) is 1. The lowest BCUT2D eigenvalue weighted by molar-refractivity contribution is -0.144. The third-order valence-electron chi connectivity index (χ3n) is 3.96. The van der Waals surface area contributed by atoms with Gasteiger partial charge in [-0.05, 0) is 18.8 Å². The van der Waals surface area contributed by atoms with Crippen LogP contribution in [0.2, 0.25) is 0 Å². The number of nitrogens with zero attached hydrogens (tertiary/aromatic N) is 2. The molecule has 2 aliphatic rings. The molecule has 1 heterocycles. The van der Waals surface area contributed by atoms with Crippen LogP contribution in [0.5, 0.6) is 0 Å². The van der Waals surface area contributed by atoms with Crippen molar-refractivity contribution in [1.82, 2.24) is 4.90 Å². The van der Waals surface area contributed by atoms with E-state index in [4.69, 9.17) is 15.7 Å². The molecule has 1 saturated carbocycles. The largest absolute Gasteiger partial charge is 0.360 e. The number of ether oxygens (including phenoxy) is 1. The van der Waals surface area contributed by atoms with Gasteiger partial charge in [-0.25, -0.2) is 0 Å². The lowest BCUT2D eigenvalue weighted by Gasteiger charge is -2.41. The fourth-order valence-corrected chi connectivity index (χ4v) is 3.01. The van der Waals surface area contributed by atoms with Crippen LogP contribution in [0.3, 0.4) is 0 Å². The molecule has 100 valence electrons. The van der Waals surface area contributed by atoms with Gasteiger partial charge in [0.05, 0.1) is 24.8 Å². The molecule has 2 fully saturated rings. The Hall–Kier alpha value is -1.12. The second-order valence-electron chi connectivity index (χ2n) is 5.60. The fraction of sp³-hybridized carbons (Fsp3) is 0.846. The predicted octanol–water partition coefficient (Wildman–Crippen LogP) is 0.645. The van der Waals surface area contributed by atoms with Gasteiger partial charge in [-0.3, -0.25) is 4.79 Å². The maximum Gasteiger partial charge on any atom is 0.242 e. The molecule has 1 aliphatic carbocycles. The summed E-state index contributed by atoms with van der Waals surface area (Å²) in [4.78, 5) is 14.2. The number of hydrogen-bond acceptors (Lipinski definition) is 4. The molecule has 1 saturated heterocycles. The molecule has 0 spiro atoms. The normalized spacial score (nSPS) is 37.1. The van der Waals surface area contributed by atoms with Crippen LogP contribution in [0.15, 0.2) is 0 Å². The van der Waals surface area contributed by atoms with Gasteiger partial charge in [0.1, 0.15) is 0 Å². The molecule has 1 aliphatic heterocycles. The van der Waals surface area contributed by atoms with Gasteiger partial charge in [0, 0.05) is 6.54 Å². The minimum atomic E-state index is -0.727. The zero-order valence-corrected chi connectivity index (χ0v) is 10.9. The Morgan fingerprint density at radius 2 is 2.39 bits per heavy atom. The van der Waals surface area contributed by atoms with Crippen molar-refractivity contribution >= 4 is 5.91 Å². The lowest BCUT2D eigenvalue weighted by Crippen LogP contribution is -2.60. The Balaban J connectivity index is 2.03. The van der Waals surface area contributed by atoms with Crippen LogP contribution in [0.25, 0.3) is 0 Å². The highest BCUT2D eigenvalue weighted by Gasteiger charge is 2.41.